The van der Waals surface area contributed by atoms with E-state index in [-0.39, 0.29) is 5.91 Å². The van der Waals surface area contributed by atoms with Crippen LogP contribution in [0, 0.1) is 0 Å². The Hall–Kier alpha value is -2.01. The molecule has 110 valence electrons. The van der Waals surface area contributed by atoms with Crippen molar-refractivity contribution in [1.82, 2.24) is 4.90 Å². The molecule has 5 nitrogen and oxygen atoms in total. The summed E-state index contributed by atoms with van der Waals surface area (Å²) in [5.41, 5.74) is 8.84. The van der Waals surface area contributed by atoms with Crippen LogP contribution in [-0.4, -0.2) is 44.7 Å². The third kappa shape index (κ3) is 4.93. The van der Waals surface area contributed by atoms with Gasteiger partial charge in [-0.25, -0.2) is 0 Å². The van der Waals surface area contributed by atoms with Crippen LogP contribution in [0.15, 0.2) is 30.4 Å². The summed E-state index contributed by atoms with van der Waals surface area (Å²) in [6.45, 7) is 7.41. The quantitative estimate of drug-likeness (QED) is 0.454. The predicted molar refractivity (Wildman–Crippen MR) is 83.0 cm³/mol. The maximum absolute atomic E-state index is 11.9. The predicted octanol–water partition coefficient (Wildman–Crippen LogP) is 1.98. The van der Waals surface area contributed by atoms with Gasteiger partial charge in [0.15, 0.2) is 0 Å². The monoisotopic (exact) mass is 277 g/mol. The highest BCUT2D eigenvalue weighted by Crippen LogP contribution is 2.20. The van der Waals surface area contributed by atoms with Crippen LogP contribution in [0.3, 0.4) is 0 Å². The summed E-state index contributed by atoms with van der Waals surface area (Å²) in [6.07, 6.45) is 0. The molecule has 1 aromatic rings. The maximum Gasteiger partial charge on any atom is 0.253 e. The fourth-order valence-electron chi connectivity index (χ4n) is 1.60. The third-order valence-corrected chi connectivity index (χ3v) is 2.62. The number of benzene rings is 1. The molecule has 0 heterocycles. The normalized spacial score (nSPS) is 10.2. The topological polar surface area (TPSA) is 67.6 Å². The molecular weight excluding hydrogens is 254 g/mol. The van der Waals surface area contributed by atoms with Crippen LogP contribution < -0.4 is 11.1 Å². The van der Waals surface area contributed by atoms with E-state index in [4.69, 9.17) is 10.5 Å². The molecule has 0 bridgehead atoms. The number of nitrogens with one attached hydrogen (secondary N) is 1. The van der Waals surface area contributed by atoms with Gasteiger partial charge in [0.1, 0.15) is 0 Å². The first-order valence-corrected chi connectivity index (χ1v) is 6.49. The molecule has 3 N–H and O–H groups in total. The van der Waals surface area contributed by atoms with Crippen LogP contribution >= 0.6 is 0 Å². The number of carbonyl (C=O) groups is 1. The molecule has 0 radical (unpaired) electrons. The van der Waals surface area contributed by atoms with E-state index in [1.54, 1.807) is 32.3 Å². The second kappa shape index (κ2) is 7.55. The van der Waals surface area contributed by atoms with Crippen LogP contribution in [0.5, 0.6) is 0 Å². The molecule has 0 aliphatic rings. The molecule has 1 amide bonds. The molecule has 5 heteroatoms. The molecule has 0 saturated heterocycles. The van der Waals surface area contributed by atoms with E-state index in [1.807, 2.05) is 6.92 Å². The van der Waals surface area contributed by atoms with Gasteiger partial charge in [0.25, 0.3) is 5.91 Å². The molecule has 0 fully saturated rings. The van der Waals surface area contributed by atoms with E-state index in [9.17, 15) is 4.79 Å². The Labute approximate surface area is 120 Å². The van der Waals surface area contributed by atoms with Crippen molar-refractivity contribution in [3.8, 4) is 0 Å². The van der Waals surface area contributed by atoms with E-state index >= 15 is 0 Å². The van der Waals surface area contributed by atoms with E-state index < -0.39 is 0 Å². The van der Waals surface area contributed by atoms with Crippen LogP contribution in [0.4, 0.5) is 11.4 Å². The highest BCUT2D eigenvalue weighted by atomic mass is 16.5. The minimum Gasteiger partial charge on any atom is -0.397 e. The van der Waals surface area contributed by atoms with Crippen LogP contribution in [-0.2, 0) is 4.74 Å². The maximum atomic E-state index is 11.9. The number of rotatable bonds is 7. The van der Waals surface area contributed by atoms with Gasteiger partial charge in [-0.1, -0.05) is 12.2 Å². The Morgan fingerprint density at radius 2 is 2.15 bits per heavy atom. The van der Waals surface area contributed by atoms with Crippen LogP contribution in [0.1, 0.15) is 17.3 Å². The molecule has 0 atom stereocenters. The highest BCUT2D eigenvalue weighted by molar-refractivity contribution is 5.95. The number of hydrogen-bond acceptors (Lipinski definition) is 4. The zero-order valence-electron chi connectivity index (χ0n) is 12.4. The largest absolute Gasteiger partial charge is 0.397 e. The molecule has 1 aromatic carbocycles. The van der Waals surface area contributed by atoms with E-state index in [0.717, 1.165) is 11.3 Å². The summed E-state index contributed by atoms with van der Waals surface area (Å²) < 4.78 is 5.39. The molecule has 0 saturated carbocycles. The van der Waals surface area contributed by atoms with Gasteiger partial charge in [0, 0.05) is 26.2 Å². The molecule has 0 aliphatic carbocycles. The average molecular weight is 277 g/mol. The number of nitrogens with two attached hydrogens (primary N) is 1. The van der Waals surface area contributed by atoms with Gasteiger partial charge in [-0.15, -0.1) is 0 Å². The molecule has 0 spiro atoms. The molecule has 0 aliphatic heterocycles. The lowest BCUT2D eigenvalue weighted by Gasteiger charge is -2.14. The molecule has 0 unspecified atom stereocenters. The number of hydrogen-bond donors (Lipinski definition) is 2. The summed E-state index contributed by atoms with van der Waals surface area (Å²) in [6, 6.07) is 5.21. The first-order chi connectivity index (χ1) is 9.41. The van der Waals surface area contributed by atoms with Crippen molar-refractivity contribution in [3.05, 3.63) is 35.9 Å². The first kappa shape index (κ1) is 16.0. The number of nitrogens with zero attached hydrogens (tertiary/aromatic N) is 1. The first-order valence-electron chi connectivity index (χ1n) is 6.49. The van der Waals surface area contributed by atoms with E-state index in [0.29, 0.717) is 31.0 Å². The van der Waals surface area contributed by atoms with Gasteiger partial charge in [-0.2, -0.15) is 0 Å². The van der Waals surface area contributed by atoms with Gasteiger partial charge in [-0.3, -0.25) is 4.79 Å². The Balaban J connectivity index is 2.58. The molecular formula is C15H23N3O2. The van der Waals surface area contributed by atoms with Crippen molar-refractivity contribution >= 4 is 17.3 Å². The highest BCUT2D eigenvalue weighted by Gasteiger charge is 2.09. The summed E-state index contributed by atoms with van der Waals surface area (Å²) in [5.74, 6) is -0.0495. The zero-order valence-corrected chi connectivity index (χ0v) is 12.4. The molecule has 20 heavy (non-hydrogen) atoms. The molecule has 0 aromatic heterocycles. The van der Waals surface area contributed by atoms with Gasteiger partial charge in [-0.05, 0) is 25.1 Å². The smallest absolute Gasteiger partial charge is 0.253 e. The van der Waals surface area contributed by atoms with E-state index in [2.05, 4.69) is 11.9 Å². The van der Waals surface area contributed by atoms with Gasteiger partial charge in [0.2, 0.25) is 0 Å². The summed E-state index contributed by atoms with van der Waals surface area (Å²) in [4.78, 5) is 13.4. The number of anilines is 2. The summed E-state index contributed by atoms with van der Waals surface area (Å²) in [7, 11) is 3.44. The standard InChI is InChI=1S/C15H23N3O2/c1-11(2)10-20-8-7-17-14-9-12(5-6-13(14)16)15(19)18(3)4/h5-6,9,17H,1,7-8,10,16H2,2-4H3. The number of ether oxygens (including phenoxy) is 1. The SMILES string of the molecule is C=C(C)COCCNc1cc(C(=O)N(C)C)ccc1N. The Morgan fingerprint density at radius 1 is 1.45 bits per heavy atom. The fourth-order valence-corrected chi connectivity index (χ4v) is 1.60. The van der Waals surface area contributed by atoms with Crippen LogP contribution in [0.2, 0.25) is 0 Å². The zero-order chi connectivity index (χ0) is 15.1. The second-order valence-electron chi connectivity index (χ2n) is 4.94. The van der Waals surface area contributed by atoms with Gasteiger partial charge < -0.3 is 20.7 Å². The fraction of sp³-hybridized carbons (Fsp3) is 0.400. The number of carbonyl (C=O) groups excluding carboxylic acids is 1. The summed E-state index contributed by atoms with van der Waals surface area (Å²) in [5, 5.41) is 3.17. The Bertz CT molecular complexity index is 484. The van der Waals surface area contributed by atoms with Crippen LogP contribution in [0.25, 0.3) is 0 Å². The van der Waals surface area contributed by atoms with Crippen molar-refractivity contribution in [1.29, 1.82) is 0 Å². The number of nitrogen functional groups attached to an aromatic ring is 1. The summed E-state index contributed by atoms with van der Waals surface area (Å²) >= 11 is 0. The van der Waals surface area contributed by atoms with Crippen molar-refractivity contribution in [2.45, 2.75) is 6.92 Å². The molecule has 1 rings (SSSR count). The Morgan fingerprint density at radius 3 is 2.75 bits per heavy atom. The number of amides is 1. The van der Waals surface area contributed by atoms with Crippen molar-refractivity contribution in [2.24, 2.45) is 0 Å². The van der Waals surface area contributed by atoms with Crippen molar-refractivity contribution in [3.63, 3.8) is 0 Å². The minimum atomic E-state index is -0.0495. The lowest BCUT2D eigenvalue weighted by molar-refractivity contribution is 0.0827. The Kier molecular flexibility index (Phi) is 6.06. The third-order valence-electron chi connectivity index (χ3n) is 2.62. The van der Waals surface area contributed by atoms with Gasteiger partial charge in [0.05, 0.1) is 24.6 Å². The second-order valence-corrected chi connectivity index (χ2v) is 4.94. The van der Waals surface area contributed by atoms with Gasteiger partial charge >= 0.3 is 0 Å². The van der Waals surface area contributed by atoms with E-state index in [1.165, 1.54) is 4.90 Å². The lowest BCUT2D eigenvalue weighted by Crippen LogP contribution is -2.22. The van der Waals surface area contributed by atoms with Crippen molar-refractivity contribution in [2.75, 3.05) is 44.9 Å². The average Bonchev–Trinajstić information content (AvgIpc) is 2.39. The minimum absolute atomic E-state index is 0.0495. The van der Waals surface area contributed by atoms with Crippen molar-refractivity contribution < 1.29 is 9.53 Å². The lowest BCUT2D eigenvalue weighted by atomic mass is 10.1.